The van der Waals surface area contributed by atoms with Gasteiger partial charge in [0.15, 0.2) is 0 Å². The molecule has 1 heterocycles. The van der Waals surface area contributed by atoms with Gasteiger partial charge in [-0.15, -0.1) is 0 Å². The van der Waals surface area contributed by atoms with E-state index in [4.69, 9.17) is 5.11 Å². The molecule has 3 rings (SSSR count). The van der Waals surface area contributed by atoms with Crippen molar-refractivity contribution in [3.8, 4) is 0 Å². The predicted molar refractivity (Wildman–Crippen MR) is 68.4 cm³/mol. The summed E-state index contributed by atoms with van der Waals surface area (Å²) in [6.45, 7) is -0.510. The van der Waals surface area contributed by atoms with Gasteiger partial charge in [0, 0.05) is 9.65 Å². The van der Waals surface area contributed by atoms with Crippen molar-refractivity contribution in [2.75, 3.05) is 6.54 Å². The maximum Gasteiger partial charge on any atom is 0.323 e. The van der Waals surface area contributed by atoms with Crippen LogP contribution in [-0.2, 0) is 14.4 Å². The quantitative estimate of drug-likeness (QED) is 0.569. The van der Waals surface area contributed by atoms with E-state index in [9.17, 15) is 14.4 Å². The van der Waals surface area contributed by atoms with Crippen molar-refractivity contribution in [1.29, 1.82) is 0 Å². The largest absolute Gasteiger partial charge is 0.480 e. The van der Waals surface area contributed by atoms with E-state index in [-0.39, 0.29) is 45.1 Å². The molecule has 3 aliphatic rings. The lowest BCUT2D eigenvalue weighted by Crippen LogP contribution is -2.37. The van der Waals surface area contributed by atoms with E-state index in [0.29, 0.717) is 0 Å². The molecule has 1 saturated heterocycles. The maximum absolute atomic E-state index is 12.2. The first-order chi connectivity index (χ1) is 8.43. The van der Waals surface area contributed by atoms with Gasteiger partial charge in [-0.25, -0.2) is 0 Å². The molecule has 1 aliphatic heterocycles. The van der Waals surface area contributed by atoms with Crippen molar-refractivity contribution in [3.63, 3.8) is 0 Å². The SMILES string of the molecule is O=C(O)CN1C(=O)[C@@H]2[C@@H]3C[C@@H]([C@H](Br)[C@H]3Br)[C@H]2C1=O. The van der Waals surface area contributed by atoms with E-state index < -0.39 is 12.5 Å². The Hall–Kier alpha value is -0.430. The Balaban J connectivity index is 1.92. The molecular formula is C11H11Br2NO4. The van der Waals surface area contributed by atoms with Crippen LogP contribution in [0.1, 0.15) is 6.42 Å². The molecule has 2 amide bonds. The van der Waals surface area contributed by atoms with Gasteiger partial charge < -0.3 is 5.11 Å². The molecule has 0 spiro atoms. The van der Waals surface area contributed by atoms with Gasteiger partial charge >= 0.3 is 5.97 Å². The van der Waals surface area contributed by atoms with Crippen LogP contribution in [0.25, 0.3) is 0 Å². The molecule has 98 valence electrons. The Kier molecular flexibility index (Phi) is 2.82. The Labute approximate surface area is 120 Å². The highest BCUT2D eigenvalue weighted by molar-refractivity contribution is 9.12. The number of fused-ring (bicyclic) bond motifs is 5. The average Bonchev–Trinajstić information content (AvgIpc) is 2.88. The lowest BCUT2D eigenvalue weighted by atomic mass is 9.81. The fourth-order valence-corrected chi connectivity index (χ4v) is 5.58. The fraction of sp³-hybridized carbons (Fsp3) is 0.727. The first-order valence-electron chi connectivity index (χ1n) is 5.78. The van der Waals surface area contributed by atoms with Crippen LogP contribution in [0.3, 0.4) is 0 Å². The highest BCUT2D eigenvalue weighted by Gasteiger charge is 2.66. The maximum atomic E-state index is 12.2. The van der Waals surface area contributed by atoms with Gasteiger partial charge in [-0.05, 0) is 18.3 Å². The van der Waals surface area contributed by atoms with Crippen molar-refractivity contribution < 1.29 is 19.5 Å². The Morgan fingerprint density at radius 2 is 1.61 bits per heavy atom. The van der Waals surface area contributed by atoms with Gasteiger partial charge in [-0.3, -0.25) is 19.3 Å². The third kappa shape index (κ3) is 1.46. The molecular weight excluding hydrogens is 370 g/mol. The number of halogens is 2. The number of likely N-dealkylation sites (tertiary alicyclic amines) is 1. The van der Waals surface area contributed by atoms with E-state index in [2.05, 4.69) is 31.9 Å². The van der Waals surface area contributed by atoms with E-state index in [0.717, 1.165) is 11.3 Å². The van der Waals surface area contributed by atoms with Gasteiger partial charge in [0.1, 0.15) is 6.54 Å². The van der Waals surface area contributed by atoms with Crippen molar-refractivity contribution in [2.45, 2.75) is 16.1 Å². The number of alkyl halides is 2. The second kappa shape index (κ2) is 4.03. The summed E-state index contributed by atoms with van der Waals surface area (Å²) in [6.07, 6.45) is 0.861. The van der Waals surface area contributed by atoms with Crippen LogP contribution in [0.2, 0.25) is 0 Å². The topological polar surface area (TPSA) is 74.7 Å². The minimum atomic E-state index is -1.14. The normalized spacial score (nSPS) is 45.8. The van der Waals surface area contributed by atoms with Crippen LogP contribution in [0, 0.1) is 23.7 Å². The van der Waals surface area contributed by atoms with E-state index in [1.54, 1.807) is 0 Å². The molecule has 5 nitrogen and oxygen atoms in total. The minimum Gasteiger partial charge on any atom is -0.480 e. The minimum absolute atomic E-state index is 0.139. The number of hydrogen-bond acceptors (Lipinski definition) is 3. The molecule has 0 aromatic rings. The lowest BCUT2D eigenvalue weighted by Gasteiger charge is -2.28. The van der Waals surface area contributed by atoms with Crippen LogP contribution >= 0.6 is 31.9 Å². The van der Waals surface area contributed by atoms with Crippen LogP contribution in [0.15, 0.2) is 0 Å². The highest BCUT2D eigenvalue weighted by atomic mass is 79.9. The number of aliphatic carboxylic acids is 1. The van der Waals surface area contributed by atoms with Gasteiger partial charge in [-0.1, -0.05) is 31.9 Å². The van der Waals surface area contributed by atoms with Gasteiger partial charge in [0.05, 0.1) is 11.8 Å². The number of nitrogens with zero attached hydrogens (tertiary/aromatic N) is 1. The Bertz CT molecular complexity index is 422. The smallest absolute Gasteiger partial charge is 0.323 e. The number of carboxylic acids is 1. The lowest BCUT2D eigenvalue weighted by molar-refractivity contribution is -0.149. The fourth-order valence-electron chi connectivity index (χ4n) is 3.70. The van der Waals surface area contributed by atoms with Gasteiger partial charge in [0.2, 0.25) is 11.8 Å². The molecule has 0 unspecified atom stereocenters. The molecule has 18 heavy (non-hydrogen) atoms. The third-order valence-electron chi connectivity index (χ3n) is 4.37. The first kappa shape index (κ1) is 12.6. The van der Waals surface area contributed by atoms with Crippen molar-refractivity contribution in [1.82, 2.24) is 4.90 Å². The zero-order valence-electron chi connectivity index (χ0n) is 9.25. The van der Waals surface area contributed by atoms with Crippen LogP contribution in [0.5, 0.6) is 0 Å². The molecule has 6 atom stereocenters. The average molecular weight is 381 g/mol. The summed E-state index contributed by atoms with van der Waals surface area (Å²) in [7, 11) is 0. The summed E-state index contributed by atoms with van der Waals surface area (Å²) in [5.41, 5.74) is 0. The number of carboxylic acid groups (broad SMARTS) is 1. The monoisotopic (exact) mass is 379 g/mol. The predicted octanol–water partition coefficient (Wildman–Crippen LogP) is 0.849. The molecule has 2 saturated carbocycles. The van der Waals surface area contributed by atoms with Gasteiger partial charge in [0.25, 0.3) is 0 Å². The zero-order valence-corrected chi connectivity index (χ0v) is 12.4. The molecule has 2 bridgehead atoms. The zero-order chi connectivity index (χ0) is 13.2. The van der Waals surface area contributed by atoms with Crippen molar-refractivity contribution in [2.24, 2.45) is 23.7 Å². The number of amides is 2. The second-order valence-corrected chi connectivity index (χ2v) is 7.27. The number of imide groups is 1. The molecule has 3 fully saturated rings. The summed E-state index contributed by atoms with van der Waals surface area (Å²) in [4.78, 5) is 36.4. The Morgan fingerprint density at radius 3 is 2.00 bits per heavy atom. The number of rotatable bonds is 2. The molecule has 0 aromatic carbocycles. The van der Waals surface area contributed by atoms with Crippen molar-refractivity contribution >= 4 is 49.6 Å². The van der Waals surface area contributed by atoms with E-state index in [1.807, 2.05) is 0 Å². The van der Waals surface area contributed by atoms with Crippen LogP contribution < -0.4 is 0 Å². The number of carbonyl (C=O) groups excluding carboxylic acids is 2. The van der Waals surface area contributed by atoms with E-state index >= 15 is 0 Å². The van der Waals surface area contributed by atoms with E-state index in [1.165, 1.54) is 0 Å². The number of carbonyl (C=O) groups is 3. The van der Waals surface area contributed by atoms with Gasteiger partial charge in [-0.2, -0.15) is 0 Å². The first-order valence-corrected chi connectivity index (χ1v) is 7.61. The Morgan fingerprint density at radius 1 is 1.17 bits per heavy atom. The molecule has 1 N–H and O–H groups in total. The standard InChI is InChI=1S/C11H11Br2NO4/c12-8-3-1-4(9(8)13)7-6(3)10(17)14(11(7)18)2-5(15)16/h3-4,6-9H,1-2H2,(H,15,16)/t3-,4+,6-,7-,8+,9+/m1/s1. The summed E-state index contributed by atoms with van der Waals surface area (Å²) in [6, 6.07) is 0. The molecule has 0 radical (unpaired) electrons. The molecule has 2 aliphatic carbocycles. The second-order valence-electron chi connectivity index (χ2n) is 5.16. The molecule has 7 heteroatoms. The van der Waals surface area contributed by atoms with Crippen LogP contribution in [-0.4, -0.2) is 44.0 Å². The third-order valence-corrected chi connectivity index (χ3v) is 7.58. The molecule has 0 aromatic heterocycles. The summed E-state index contributed by atoms with van der Waals surface area (Å²) in [5.74, 6) is -2.11. The van der Waals surface area contributed by atoms with Crippen molar-refractivity contribution in [3.05, 3.63) is 0 Å². The highest BCUT2D eigenvalue weighted by Crippen LogP contribution is 2.60. The summed E-state index contributed by atoms with van der Waals surface area (Å²) >= 11 is 7.14. The summed E-state index contributed by atoms with van der Waals surface area (Å²) < 4.78 is 0. The van der Waals surface area contributed by atoms with Crippen LogP contribution in [0.4, 0.5) is 0 Å². The number of hydrogen-bond donors (Lipinski definition) is 1. The summed E-state index contributed by atoms with van der Waals surface area (Å²) in [5, 5.41) is 8.76.